The highest BCUT2D eigenvalue weighted by molar-refractivity contribution is 7.88. The van der Waals surface area contributed by atoms with Crippen LogP contribution in [-0.2, 0) is 10.0 Å². The average Bonchev–Trinajstić information content (AvgIpc) is 2.37. The molecule has 0 saturated carbocycles. The number of benzene rings is 1. The van der Waals surface area contributed by atoms with Gasteiger partial charge in [-0.3, -0.25) is 10.6 Å². The number of amides is 1. The molecule has 0 saturated heterocycles. The van der Waals surface area contributed by atoms with E-state index < -0.39 is 10.0 Å². The van der Waals surface area contributed by atoms with Crippen LogP contribution in [0.1, 0.15) is 16.8 Å². The van der Waals surface area contributed by atoms with Crippen molar-refractivity contribution in [3.63, 3.8) is 0 Å². The standard InChI is InChI=1S/C11H18N4O3S/c1-19(17,18)14-8-2-7-13-11(16)9-3-5-10(15-12)6-4-9/h3-6,14-15H,2,7-8,12H2,1H3,(H,13,16). The van der Waals surface area contributed by atoms with Gasteiger partial charge < -0.3 is 10.7 Å². The Balaban J connectivity index is 2.31. The number of hydrazine groups is 1. The van der Waals surface area contributed by atoms with Crippen molar-refractivity contribution in [1.29, 1.82) is 0 Å². The summed E-state index contributed by atoms with van der Waals surface area (Å²) in [5, 5.41) is 2.70. The summed E-state index contributed by atoms with van der Waals surface area (Å²) in [6.45, 7) is 0.702. The molecule has 0 spiro atoms. The maximum Gasteiger partial charge on any atom is 0.251 e. The van der Waals surface area contributed by atoms with Gasteiger partial charge in [0.25, 0.3) is 5.91 Å². The Kier molecular flexibility index (Phi) is 5.74. The van der Waals surface area contributed by atoms with E-state index in [9.17, 15) is 13.2 Å². The molecule has 1 aromatic rings. The first-order valence-electron chi connectivity index (χ1n) is 5.72. The minimum Gasteiger partial charge on any atom is -0.352 e. The quantitative estimate of drug-likeness (QED) is 0.310. The van der Waals surface area contributed by atoms with Gasteiger partial charge in [0, 0.05) is 24.3 Å². The third kappa shape index (κ3) is 6.18. The summed E-state index contributed by atoms with van der Waals surface area (Å²) in [7, 11) is -3.17. The summed E-state index contributed by atoms with van der Waals surface area (Å²) in [4.78, 5) is 11.7. The second kappa shape index (κ2) is 7.07. The van der Waals surface area contributed by atoms with Gasteiger partial charge in [0.05, 0.1) is 6.26 Å². The highest BCUT2D eigenvalue weighted by Gasteiger charge is 2.04. The van der Waals surface area contributed by atoms with Crippen LogP contribution in [0, 0.1) is 0 Å². The molecule has 0 aliphatic heterocycles. The minimum absolute atomic E-state index is 0.206. The molecule has 7 nitrogen and oxygen atoms in total. The second-order valence-corrected chi connectivity index (χ2v) is 5.83. The van der Waals surface area contributed by atoms with Crippen LogP contribution >= 0.6 is 0 Å². The van der Waals surface area contributed by atoms with Crippen molar-refractivity contribution in [3.8, 4) is 0 Å². The Hall–Kier alpha value is -1.64. The van der Waals surface area contributed by atoms with Crippen LogP contribution in [0.15, 0.2) is 24.3 Å². The molecule has 5 N–H and O–H groups in total. The molecule has 1 aromatic carbocycles. The van der Waals surface area contributed by atoms with Crippen molar-refractivity contribution in [2.24, 2.45) is 5.84 Å². The van der Waals surface area contributed by atoms with E-state index in [-0.39, 0.29) is 5.91 Å². The molecule has 106 valence electrons. The average molecular weight is 286 g/mol. The van der Waals surface area contributed by atoms with E-state index in [1.165, 1.54) is 0 Å². The van der Waals surface area contributed by atoms with Gasteiger partial charge in [-0.05, 0) is 30.7 Å². The Morgan fingerprint density at radius 3 is 2.37 bits per heavy atom. The topological polar surface area (TPSA) is 113 Å². The van der Waals surface area contributed by atoms with Gasteiger partial charge in [-0.15, -0.1) is 0 Å². The smallest absolute Gasteiger partial charge is 0.251 e. The molecule has 0 aromatic heterocycles. The first-order chi connectivity index (χ1) is 8.92. The third-order valence-corrected chi connectivity index (χ3v) is 3.05. The molecule has 0 heterocycles. The zero-order valence-corrected chi connectivity index (χ0v) is 11.5. The van der Waals surface area contributed by atoms with E-state index in [1.54, 1.807) is 24.3 Å². The van der Waals surface area contributed by atoms with Gasteiger partial charge in [0.15, 0.2) is 0 Å². The van der Waals surface area contributed by atoms with E-state index in [0.717, 1.165) is 6.26 Å². The van der Waals surface area contributed by atoms with Gasteiger partial charge in [0.1, 0.15) is 0 Å². The highest BCUT2D eigenvalue weighted by atomic mass is 32.2. The van der Waals surface area contributed by atoms with E-state index in [2.05, 4.69) is 15.5 Å². The zero-order valence-electron chi connectivity index (χ0n) is 10.6. The summed E-state index contributed by atoms with van der Waals surface area (Å²) in [6, 6.07) is 6.69. The lowest BCUT2D eigenvalue weighted by Gasteiger charge is -2.06. The Bertz CT molecular complexity index is 513. The van der Waals surface area contributed by atoms with Crippen LogP contribution in [-0.4, -0.2) is 33.7 Å². The SMILES string of the molecule is CS(=O)(=O)NCCCNC(=O)c1ccc(NN)cc1. The fraction of sp³-hybridized carbons (Fsp3) is 0.364. The molecule has 8 heteroatoms. The summed E-state index contributed by atoms with van der Waals surface area (Å²) in [6.07, 6.45) is 1.62. The summed E-state index contributed by atoms with van der Waals surface area (Å²) < 4.78 is 23.9. The lowest BCUT2D eigenvalue weighted by Crippen LogP contribution is -2.29. The van der Waals surface area contributed by atoms with Crippen LogP contribution in [0.2, 0.25) is 0 Å². The fourth-order valence-electron chi connectivity index (χ4n) is 1.37. The normalized spacial score (nSPS) is 11.1. The minimum atomic E-state index is -3.17. The first-order valence-corrected chi connectivity index (χ1v) is 7.61. The molecule has 0 bridgehead atoms. The monoisotopic (exact) mass is 286 g/mol. The molecule has 0 atom stereocenters. The van der Waals surface area contributed by atoms with E-state index in [1.807, 2.05) is 0 Å². The maximum atomic E-state index is 11.7. The number of hydrogen-bond acceptors (Lipinski definition) is 5. The van der Waals surface area contributed by atoms with Crippen molar-refractivity contribution < 1.29 is 13.2 Å². The van der Waals surface area contributed by atoms with Crippen LogP contribution in [0.25, 0.3) is 0 Å². The number of sulfonamides is 1. The molecule has 0 fully saturated rings. The van der Waals surface area contributed by atoms with Crippen LogP contribution in [0.3, 0.4) is 0 Å². The number of nitrogens with two attached hydrogens (primary N) is 1. The van der Waals surface area contributed by atoms with E-state index >= 15 is 0 Å². The number of rotatable bonds is 7. The van der Waals surface area contributed by atoms with Crippen molar-refractivity contribution in [1.82, 2.24) is 10.0 Å². The van der Waals surface area contributed by atoms with Crippen molar-refractivity contribution >= 4 is 21.6 Å². The van der Waals surface area contributed by atoms with Gasteiger partial charge in [0.2, 0.25) is 10.0 Å². The number of anilines is 1. The fourth-order valence-corrected chi connectivity index (χ4v) is 1.88. The van der Waals surface area contributed by atoms with E-state index in [0.29, 0.717) is 30.8 Å². The lowest BCUT2D eigenvalue weighted by atomic mass is 10.2. The molecular weight excluding hydrogens is 268 g/mol. The van der Waals surface area contributed by atoms with Gasteiger partial charge >= 0.3 is 0 Å². The Morgan fingerprint density at radius 2 is 1.84 bits per heavy atom. The third-order valence-electron chi connectivity index (χ3n) is 2.32. The van der Waals surface area contributed by atoms with Crippen molar-refractivity contribution in [3.05, 3.63) is 29.8 Å². The molecule has 1 amide bonds. The summed E-state index contributed by atoms with van der Waals surface area (Å²) >= 11 is 0. The van der Waals surface area contributed by atoms with Crippen molar-refractivity contribution in [2.45, 2.75) is 6.42 Å². The summed E-state index contributed by atoms with van der Waals surface area (Å²) in [5.41, 5.74) is 3.71. The number of nitrogen functional groups attached to an aromatic ring is 1. The van der Waals surface area contributed by atoms with Crippen LogP contribution < -0.4 is 21.3 Å². The predicted molar refractivity (Wildman–Crippen MR) is 74.0 cm³/mol. The molecule has 19 heavy (non-hydrogen) atoms. The number of nitrogens with one attached hydrogen (secondary N) is 3. The first kappa shape index (κ1) is 15.4. The van der Waals surface area contributed by atoms with E-state index in [4.69, 9.17) is 5.84 Å². The Labute approximate surface area is 112 Å². The predicted octanol–water partition coefficient (Wildman–Crippen LogP) is -0.359. The van der Waals surface area contributed by atoms with Crippen molar-refractivity contribution in [2.75, 3.05) is 24.8 Å². The zero-order chi connectivity index (χ0) is 14.3. The Morgan fingerprint density at radius 1 is 1.21 bits per heavy atom. The van der Waals surface area contributed by atoms with Gasteiger partial charge in [-0.25, -0.2) is 13.1 Å². The number of carbonyl (C=O) groups is 1. The molecule has 1 rings (SSSR count). The molecule has 0 unspecified atom stereocenters. The van der Waals surface area contributed by atoms with Crippen LogP contribution in [0.4, 0.5) is 5.69 Å². The van der Waals surface area contributed by atoms with Crippen LogP contribution in [0.5, 0.6) is 0 Å². The summed E-state index contributed by atoms with van der Waals surface area (Å²) in [5.74, 6) is 5.01. The number of carbonyl (C=O) groups excluding carboxylic acids is 1. The van der Waals surface area contributed by atoms with Gasteiger partial charge in [-0.2, -0.15) is 0 Å². The second-order valence-electron chi connectivity index (χ2n) is 4.00. The maximum absolute atomic E-state index is 11.7. The number of hydrogen-bond donors (Lipinski definition) is 4. The molecular formula is C11H18N4O3S. The molecule has 0 aliphatic rings. The highest BCUT2D eigenvalue weighted by Crippen LogP contribution is 2.07. The molecule has 0 radical (unpaired) electrons. The van der Waals surface area contributed by atoms with Gasteiger partial charge in [-0.1, -0.05) is 0 Å². The largest absolute Gasteiger partial charge is 0.352 e. The lowest BCUT2D eigenvalue weighted by molar-refractivity contribution is 0.0953. The molecule has 0 aliphatic carbocycles.